The molecule has 0 aliphatic carbocycles. The molecule has 1 N–H and O–H groups in total. The van der Waals surface area contributed by atoms with Crippen molar-refractivity contribution in [3.63, 3.8) is 0 Å². The maximum absolute atomic E-state index is 11.4. The minimum absolute atomic E-state index is 0.0793. The summed E-state index contributed by atoms with van der Waals surface area (Å²) in [5.74, 6) is -0.578. The van der Waals surface area contributed by atoms with Crippen LogP contribution in [0.1, 0.15) is 24.4 Å². The van der Waals surface area contributed by atoms with E-state index < -0.39 is 6.04 Å². The van der Waals surface area contributed by atoms with Gasteiger partial charge in [-0.25, -0.2) is 4.98 Å². The molecular weight excluding hydrogens is 264 g/mol. The number of rotatable bonds is 4. The molecule has 100 valence electrons. The number of para-hydroxylation sites is 1. The highest BCUT2D eigenvalue weighted by Crippen LogP contribution is 2.28. The van der Waals surface area contributed by atoms with Gasteiger partial charge in [0.1, 0.15) is 5.01 Å². The summed E-state index contributed by atoms with van der Waals surface area (Å²) < 4.78 is 5.67. The second kappa shape index (κ2) is 5.79. The van der Waals surface area contributed by atoms with Gasteiger partial charge in [0.05, 0.1) is 29.8 Å². The molecule has 0 saturated heterocycles. The van der Waals surface area contributed by atoms with Crippen molar-refractivity contribution in [1.82, 2.24) is 10.3 Å². The van der Waals surface area contributed by atoms with E-state index in [-0.39, 0.29) is 18.3 Å². The Labute approximate surface area is 114 Å². The summed E-state index contributed by atoms with van der Waals surface area (Å²) in [7, 11) is 1.32. The van der Waals surface area contributed by atoms with Gasteiger partial charge in [-0.1, -0.05) is 12.1 Å². The van der Waals surface area contributed by atoms with E-state index in [0.29, 0.717) is 5.01 Å². The maximum atomic E-state index is 11.4. The molecule has 0 spiro atoms. The van der Waals surface area contributed by atoms with Crippen LogP contribution in [0.15, 0.2) is 24.3 Å². The van der Waals surface area contributed by atoms with E-state index in [0.717, 1.165) is 10.2 Å². The molecule has 2 aromatic rings. The molecular formula is C13H14N2O3S. The van der Waals surface area contributed by atoms with Crippen molar-refractivity contribution in [2.24, 2.45) is 0 Å². The second-order valence-corrected chi connectivity index (χ2v) is 5.12. The van der Waals surface area contributed by atoms with Gasteiger partial charge in [0, 0.05) is 6.92 Å². The normalized spacial score (nSPS) is 12.1. The monoisotopic (exact) mass is 278 g/mol. The van der Waals surface area contributed by atoms with E-state index in [1.165, 1.54) is 25.4 Å². The molecule has 5 nitrogen and oxygen atoms in total. The number of hydrogen-bond donors (Lipinski definition) is 1. The number of ether oxygens (including phenoxy) is 1. The zero-order valence-corrected chi connectivity index (χ0v) is 11.5. The smallest absolute Gasteiger partial charge is 0.308 e. The van der Waals surface area contributed by atoms with Gasteiger partial charge in [0.25, 0.3) is 0 Å². The molecule has 1 heterocycles. The van der Waals surface area contributed by atoms with Gasteiger partial charge in [0.2, 0.25) is 5.91 Å². The molecule has 6 heteroatoms. The van der Waals surface area contributed by atoms with Crippen molar-refractivity contribution in [1.29, 1.82) is 0 Å². The van der Waals surface area contributed by atoms with Crippen LogP contribution in [-0.4, -0.2) is 24.0 Å². The van der Waals surface area contributed by atoms with E-state index in [2.05, 4.69) is 15.0 Å². The quantitative estimate of drug-likeness (QED) is 0.869. The number of carbonyl (C=O) groups excluding carboxylic acids is 2. The Morgan fingerprint density at radius 2 is 2.16 bits per heavy atom. The molecule has 1 unspecified atom stereocenters. The summed E-state index contributed by atoms with van der Waals surface area (Å²) in [6.45, 7) is 1.41. The van der Waals surface area contributed by atoms with Gasteiger partial charge < -0.3 is 10.1 Å². The molecule has 0 saturated carbocycles. The summed E-state index contributed by atoms with van der Waals surface area (Å²) in [6.07, 6.45) is 0.0793. The number of aromatic nitrogens is 1. The van der Waals surface area contributed by atoms with Crippen LogP contribution in [-0.2, 0) is 14.3 Å². The fourth-order valence-corrected chi connectivity index (χ4v) is 2.75. The summed E-state index contributed by atoms with van der Waals surface area (Å²) in [5.41, 5.74) is 0.864. The van der Waals surface area contributed by atoms with Gasteiger partial charge in [0.15, 0.2) is 0 Å². The average molecular weight is 278 g/mol. The first-order chi connectivity index (χ1) is 9.10. The topological polar surface area (TPSA) is 68.3 Å². The Kier molecular flexibility index (Phi) is 4.11. The number of thiazole rings is 1. The summed E-state index contributed by atoms with van der Waals surface area (Å²) in [5, 5.41) is 3.44. The minimum Gasteiger partial charge on any atom is -0.469 e. The van der Waals surface area contributed by atoms with Gasteiger partial charge >= 0.3 is 5.97 Å². The van der Waals surface area contributed by atoms with E-state index in [4.69, 9.17) is 0 Å². The number of esters is 1. The molecule has 0 aliphatic heterocycles. The number of methoxy groups -OCH3 is 1. The number of hydrogen-bond acceptors (Lipinski definition) is 5. The first kappa shape index (κ1) is 13.5. The third-order valence-corrected chi connectivity index (χ3v) is 3.73. The summed E-state index contributed by atoms with van der Waals surface area (Å²) >= 11 is 1.47. The van der Waals surface area contributed by atoms with Crippen molar-refractivity contribution >= 4 is 33.4 Å². The first-order valence-electron chi connectivity index (χ1n) is 5.79. The fourth-order valence-electron chi connectivity index (χ4n) is 1.73. The minimum atomic E-state index is -0.442. The van der Waals surface area contributed by atoms with Crippen molar-refractivity contribution in [2.75, 3.05) is 7.11 Å². The molecule has 1 aromatic heterocycles. The Hall–Kier alpha value is -1.95. The third kappa shape index (κ3) is 3.29. The van der Waals surface area contributed by atoms with E-state index >= 15 is 0 Å². The molecule has 2 rings (SSSR count). The highest BCUT2D eigenvalue weighted by atomic mass is 32.1. The Morgan fingerprint density at radius 1 is 1.42 bits per heavy atom. The third-order valence-electron chi connectivity index (χ3n) is 2.58. The number of amides is 1. The van der Waals surface area contributed by atoms with Crippen LogP contribution >= 0.6 is 11.3 Å². The number of benzene rings is 1. The SMILES string of the molecule is COC(=O)CC(NC(C)=O)c1nc2ccccc2s1. The molecule has 0 bridgehead atoms. The Balaban J connectivity index is 2.30. The second-order valence-electron chi connectivity index (χ2n) is 4.05. The predicted octanol–water partition coefficient (Wildman–Crippen LogP) is 2.04. The predicted molar refractivity (Wildman–Crippen MR) is 72.8 cm³/mol. The van der Waals surface area contributed by atoms with Gasteiger partial charge in [-0.05, 0) is 12.1 Å². The van der Waals surface area contributed by atoms with Crippen LogP contribution in [0.25, 0.3) is 10.2 Å². The first-order valence-corrected chi connectivity index (χ1v) is 6.61. The van der Waals surface area contributed by atoms with Gasteiger partial charge in [-0.2, -0.15) is 0 Å². The molecule has 1 amide bonds. The highest BCUT2D eigenvalue weighted by Gasteiger charge is 2.21. The van der Waals surface area contributed by atoms with Crippen LogP contribution in [0.4, 0.5) is 0 Å². The van der Waals surface area contributed by atoms with Crippen LogP contribution < -0.4 is 5.32 Å². The van der Waals surface area contributed by atoms with Crippen LogP contribution in [0.5, 0.6) is 0 Å². The van der Waals surface area contributed by atoms with Crippen molar-refractivity contribution in [3.8, 4) is 0 Å². The van der Waals surface area contributed by atoms with Gasteiger partial charge in [-0.3, -0.25) is 9.59 Å². The van der Waals surface area contributed by atoms with Crippen LogP contribution in [0.3, 0.4) is 0 Å². The van der Waals surface area contributed by atoms with E-state index in [9.17, 15) is 9.59 Å². The Morgan fingerprint density at radius 3 is 2.79 bits per heavy atom. The molecule has 1 atom stereocenters. The lowest BCUT2D eigenvalue weighted by Gasteiger charge is -2.13. The average Bonchev–Trinajstić information content (AvgIpc) is 2.80. The summed E-state index contributed by atoms with van der Waals surface area (Å²) in [6, 6.07) is 7.25. The molecule has 19 heavy (non-hydrogen) atoms. The molecule has 0 radical (unpaired) electrons. The lowest BCUT2D eigenvalue weighted by Crippen LogP contribution is -2.28. The van der Waals surface area contributed by atoms with Gasteiger partial charge in [-0.15, -0.1) is 11.3 Å². The van der Waals surface area contributed by atoms with Crippen LogP contribution in [0.2, 0.25) is 0 Å². The number of fused-ring (bicyclic) bond motifs is 1. The highest BCUT2D eigenvalue weighted by molar-refractivity contribution is 7.18. The number of nitrogens with zero attached hydrogens (tertiary/aromatic N) is 1. The van der Waals surface area contributed by atoms with Crippen molar-refractivity contribution in [2.45, 2.75) is 19.4 Å². The maximum Gasteiger partial charge on any atom is 0.308 e. The molecule has 0 fully saturated rings. The van der Waals surface area contributed by atoms with Crippen LogP contribution in [0, 0.1) is 0 Å². The zero-order chi connectivity index (χ0) is 13.8. The largest absolute Gasteiger partial charge is 0.469 e. The number of carbonyl (C=O) groups is 2. The molecule has 0 aliphatic rings. The van der Waals surface area contributed by atoms with E-state index in [1.54, 1.807) is 0 Å². The zero-order valence-electron chi connectivity index (χ0n) is 10.7. The van der Waals surface area contributed by atoms with E-state index in [1.807, 2.05) is 24.3 Å². The number of nitrogens with one attached hydrogen (secondary N) is 1. The lowest BCUT2D eigenvalue weighted by atomic mass is 10.2. The Bertz CT molecular complexity index is 576. The standard InChI is InChI=1S/C13H14N2O3S/c1-8(16)14-10(7-12(17)18-2)13-15-9-5-3-4-6-11(9)19-13/h3-6,10H,7H2,1-2H3,(H,14,16). The van der Waals surface area contributed by atoms with Crippen molar-refractivity contribution < 1.29 is 14.3 Å². The summed E-state index contributed by atoms with van der Waals surface area (Å²) in [4.78, 5) is 27.1. The molecule has 1 aromatic carbocycles. The van der Waals surface area contributed by atoms with Crippen molar-refractivity contribution in [3.05, 3.63) is 29.3 Å². The lowest BCUT2D eigenvalue weighted by molar-refractivity contribution is -0.141. The fraction of sp³-hybridized carbons (Fsp3) is 0.308.